The summed E-state index contributed by atoms with van der Waals surface area (Å²) in [6.45, 7) is 6.86. The van der Waals surface area contributed by atoms with Crippen molar-refractivity contribution in [2.24, 2.45) is 5.92 Å². The van der Waals surface area contributed by atoms with Gasteiger partial charge in [-0.05, 0) is 18.0 Å². The molecule has 0 N–H and O–H groups in total. The van der Waals surface area contributed by atoms with Crippen LogP contribution in [0.25, 0.3) is 0 Å². The largest absolute Gasteiger partial charge is 0.114 e. The van der Waals surface area contributed by atoms with Crippen LogP contribution in [-0.2, 0) is 0 Å². The highest BCUT2D eigenvalue weighted by Gasteiger charge is 2.06. The van der Waals surface area contributed by atoms with Crippen LogP contribution in [0.1, 0.15) is 27.2 Å². The Hall–Kier alpha value is 0.860. The van der Waals surface area contributed by atoms with E-state index in [1.807, 2.05) is 0 Å². The minimum atomic E-state index is 0.871. The van der Waals surface area contributed by atoms with Crippen molar-refractivity contribution in [3.05, 3.63) is 0 Å². The van der Waals surface area contributed by atoms with Crippen molar-refractivity contribution >= 4 is 17.2 Å². The highest BCUT2D eigenvalue weighted by Crippen LogP contribution is 2.34. The predicted octanol–water partition coefficient (Wildman–Crippen LogP) is 2.89. The fourth-order valence-electron chi connectivity index (χ4n) is 0.782. The third-order valence-corrected chi connectivity index (χ3v) is 4.25. The number of hydrogen-bond donors (Lipinski definition) is 0. The van der Waals surface area contributed by atoms with E-state index in [-0.39, 0.29) is 0 Å². The Bertz CT molecular complexity index is 48.5. The van der Waals surface area contributed by atoms with E-state index < -0.39 is 0 Å². The molecular formula is C6H16P2. The van der Waals surface area contributed by atoms with E-state index >= 15 is 0 Å². The minimum absolute atomic E-state index is 0.871. The van der Waals surface area contributed by atoms with Gasteiger partial charge in [0, 0.05) is 0 Å². The van der Waals surface area contributed by atoms with Crippen LogP contribution in [0.2, 0.25) is 0 Å². The Kier molecular flexibility index (Phi) is 5.22. The van der Waals surface area contributed by atoms with Gasteiger partial charge in [-0.1, -0.05) is 29.0 Å². The second kappa shape index (κ2) is 4.71. The van der Waals surface area contributed by atoms with Crippen LogP contribution >= 0.6 is 17.2 Å². The SMILES string of the molecule is CCC(PP)C(C)C. The van der Waals surface area contributed by atoms with E-state index in [9.17, 15) is 0 Å². The molecule has 0 radical (unpaired) electrons. The Labute approximate surface area is 56.7 Å². The minimum Gasteiger partial charge on any atom is -0.114 e. The summed E-state index contributed by atoms with van der Waals surface area (Å²) in [6.07, 6.45) is 1.33. The van der Waals surface area contributed by atoms with Crippen LogP contribution in [0, 0.1) is 5.92 Å². The molecule has 50 valence electrons. The Morgan fingerprint density at radius 1 is 1.50 bits per heavy atom. The lowest BCUT2D eigenvalue weighted by Gasteiger charge is -2.15. The summed E-state index contributed by atoms with van der Waals surface area (Å²) in [4.78, 5) is 0. The summed E-state index contributed by atoms with van der Waals surface area (Å²) in [5, 5.41) is 0. The van der Waals surface area contributed by atoms with Crippen molar-refractivity contribution in [2.45, 2.75) is 32.9 Å². The zero-order chi connectivity index (χ0) is 6.57. The molecule has 0 nitrogen and oxygen atoms in total. The van der Waals surface area contributed by atoms with Crippen molar-refractivity contribution in [3.63, 3.8) is 0 Å². The zero-order valence-corrected chi connectivity index (χ0v) is 8.09. The maximum absolute atomic E-state index is 2.84. The first-order valence-corrected chi connectivity index (χ1v) is 6.07. The van der Waals surface area contributed by atoms with Gasteiger partial charge in [-0.25, -0.2) is 0 Å². The molecule has 0 saturated carbocycles. The maximum Gasteiger partial charge on any atom is -0.0182 e. The normalized spacial score (nSPS) is 16.1. The average molecular weight is 150 g/mol. The molecule has 8 heavy (non-hydrogen) atoms. The van der Waals surface area contributed by atoms with Gasteiger partial charge in [-0.15, -0.1) is 8.93 Å². The quantitative estimate of drug-likeness (QED) is 0.542. The number of rotatable bonds is 3. The topological polar surface area (TPSA) is 0 Å². The van der Waals surface area contributed by atoms with E-state index in [4.69, 9.17) is 0 Å². The lowest BCUT2D eigenvalue weighted by molar-refractivity contribution is 0.592. The Balaban J connectivity index is 3.35. The maximum atomic E-state index is 2.84. The van der Waals surface area contributed by atoms with Crippen molar-refractivity contribution in [3.8, 4) is 0 Å². The summed E-state index contributed by atoms with van der Waals surface area (Å²) in [6, 6.07) is 0. The first kappa shape index (κ1) is 8.86. The second-order valence-electron chi connectivity index (χ2n) is 2.43. The molecule has 0 aliphatic rings. The van der Waals surface area contributed by atoms with Gasteiger partial charge < -0.3 is 0 Å². The molecule has 0 heterocycles. The fourth-order valence-corrected chi connectivity index (χ4v) is 3.26. The molecule has 0 fully saturated rings. The summed E-state index contributed by atoms with van der Waals surface area (Å²) in [5.41, 5.74) is 0.944. The van der Waals surface area contributed by atoms with Gasteiger partial charge in [-0.3, -0.25) is 0 Å². The lowest BCUT2D eigenvalue weighted by Crippen LogP contribution is -2.05. The molecule has 2 heteroatoms. The van der Waals surface area contributed by atoms with Crippen LogP contribution in [0.15, 0.2) is 0 Å². The molecule has 0 aromatic rings. The molecule has 0 rings (SSSR count). The highest BCUT2D eigenvalue weighted by molar-refractivity contribution is 8.03. The Morgan fingerprint density at radius 2 is 2.00 bits per heavy atom. The molecule has 0 aromatic heterocycles. The Morgan fingerprint density at radius 3 is 2.00 bits per heavy atom. The molecule has 0 aliphatic heterocycles. The predicted molar refractivity (Wildman–Crippen MR) is 46.9 cm³/mol. The van der Waals surface area contributed by atoms with E-state index in [1.165, 1.54) is 6.42 Å². The van der Waals surface area contributed by atoms with Gasteiger partial charge in [-0.2, -0.15) is 0 Å². The van der Waals surface area contributed by atoms with Crippen LogP contribution in [-0.4, -0.2) is 5.66 Å². The monoisotopic (exact) mass is 150 g/mol. The van der Waals surface area contributed by atoms with Crippen LogP contribution in [0.4, 0.5) is 0 Å². The first-order chi connectivity index (χ1) is 3.72. The van der Waals surface area contributed by atoms with Crippen LogP contribution in [0.3, 0.4) is 0 Å². The summed E-state index contributed by atoms with van der Waals surface area (Å²) >= 11 is 0. The molecule has 0 saturated heterocycles. The van der Waals surface area contributed by atoms with Gasteiger partial charge in [0.2, 0.25) is 0 Å². The van der Waals surface area contributed by atoms with Gasteiger partial charge in [0.05, 0.1) is 0 Å². The third kappa shape index (κ3) is 3.00. The van der Waals surface area contributed by atoms with Gasteiger partial charge >= 0.3 is 0 Å². The van der Waals surface area contributed by atoms with Gasteiger partial charge in [0.1, 0.15) is 0 Å². The molecule has 0 aromatic carbocycles. The number of hydrogen-bond acceptors (Lipinski definition) is 0. The van der Waals surface area contributed by atoms with E-state index in [0.29, 0.717) is 0 Å². The molecule has 0 amide bonds. The molecule has 0 spiro atoms. The van der Waals surface area contributed by atoms with Crippen molar-refractivity contribution in [2.75, 3.05) is 0 Å². The smallest absolute Gasteiger partial charge is 0.0182 e. The first-order valence-electron chi connectivity index (χ1n) is 3.18. The van der Waals surface area contributed by atoms with E-state index in [2.05, 4.69) is 29.7 Å². The molecule has 0 aliphatic carbocycles. The van der Waals surface area contributed by atoms with Gasteiger partial charge in [0.25, 0.3) is 0 Å². The molecular weight excluding hydrogens is 134 g/mol. The zero-order valence-electron chi connectivity index (χ0n) is 5.94. The lowest BCUT2D eigenvalue weighted by atomic mass is 10.1. The molecule has 0 bridgehead atoms. The van der Waals surface area contributed by atoms with Crippen molar-refractivity contribution in [1.29, 1.82) is 0 Å². The van der Waals surface area contributed by atoms with E-state index in [1.54, 1.807) is 0 Å². The summed E-state index contributed by atoms with van der Waals surface area (Å²) in [5.74, 6) is 0.871. The van der Waals surface area contributed by atoms with Crippen LogP contribution < -0.4 is 0 Å². The summed E-state index contributed by atoms with van der Waals surface area (Å²) < 4.78 is 0. The third-order valence-electron chi connectivity index (χ3n) is 1.46. The highest BCUT2D eigenvalue weighted by atomic mass is 32.0. The van der Waals surface area contributed by atoms with E-state index in [0.717, 1.165) is 19.8 Å². The van der Waals surface area contributed by atoms with Crippen LogP contribution in [0.5, 0.6) is 0 Å². The van der Waals surface area contributed by atoms with Crippen molar-refractivity contribution < 1.29 is 0 Å². The fraction of sp³-hybridized carbons (Fsp3) is 1.00. The molecule has 3 unspecified atom stereocenters. The van der Waals surface area contributed by atoms with Gasteiger partial charge in [0.15, 0.2) is 0 Å². The molecule has 3 atom stereocenters. The summed E-state index contributed by atoms with van der Waals surface area (Å²) in [7, 11) is 3.88. The average Bonchev–Trinajstić information content (AvgIpc) is 1.69. The van der Waals surface area contributed by atoms with Crippen molar-refractivity contribution in [1.82, 2.24) is 0 Å². The standard InChI is InChI=1S/C6H16P2/c1-4-6(8-7)5(2)3/h5-6,8H,4,7H2,1-3H3. The second-order valence-corrected chi connectivity index (χ2v) is 4.50.